The van der Waals surface area contributed by atoms with E-state index in [1.807, 2.05) is 36.5 Å². The smallest absolute Gasteiger partial charge is 0.260 e. The summed E-state index contributed by atoms with van der Waals surface area (Å²) in [6.45, 7) is 2.14. The third-order valence-corrected chi connectivity index (χ3v) is 5.22. The zero-order valence-corrected chi connectivity index (χ0v) is 17.0. The summed E-state index contributed by atoms with van der Waals surface area (Å²) in [6, 6.07) is 11.3. The maximum Gasteiger partial charge on any atom is 0.260 e. The Bertz CT molecular complexity index is 1150. The molecule has 0 unspecified atom stereocenters. The molecule has 4 aromatic rings. The lowest BCUT2D eigenvalue weighted by atomic mass is 10.2. The Morgan fingerprint density at radius 1 is 1.20 bits per heavy atom. The van der Waals surface area contributed by atoms with Crippen molar-refractivity contribution in [3.63, 3.8) is 0 Å². The third-order valence-electron chi connectivity index (χ3n) is 4.41. The number of carbonyl (C=O) groups is 2. The quantitative estimate of drug-likeness (QED) is 0.476. The lowest BCUT2D eigenvalue weighted by Gasteiger charge is -2.06. The van der Waals surface area contributed by atoms with Gasteiger partial charge in [0.15, 0.2) is 5.13 Å². The van der Waals surface area contributed by atoms with Crippen LogP contribution in [0.5, 0.6) is 0 Å². The molecule has 0 saturated carbocycles. The van der Waals surface area contributed by atoms with Crippen LogP contribution in [-0.4, -0.2) is 26.6 Å². The van der Waals surface area contributed by atoms with Gasteiger partial charge in [-0.3, -0.25) is 14.9 Å². The minimum atomic E-state index is -0.287. The monoisotopic (exact) mass is 421 g/mol. The van der Waals surface area contributed by atoms with E-state index >= 15 is 0 Å². The van der Waals surface area contributed by atoms with Crippen LogP contribution >= 0.6 is 11.3 Å². The number of amides is 2. The Morgan fingerprint density at radius 3 is 2.73 bits per heavy atom. The van der Waals surface area contributed by atoms with E-state index in [1.54, 1.807) is 29.2 Å². The largest absolute Gasteiger partial charge is 0.469 e. The molecule has 152 valence electrons. The molecular formula is C21H19N5O3S. The summed E-state index contributed by atoms with van der Waals surface area (Å²) in [5.74, 6) is 0.117. The number of nitrogens with one attached hydrogen (secondary N) is 2. The molecule has 3 heterocycles. The highest BCUT2D eigenvalue weighted by molar-refractivity contribution is 7.14. The number of hydrogen-bond acceptors (Lipinski definition) is 6. The number of nitrogens with zero attached hydrogens (tertiary/aromatic N) is 3. The Balaban J connectivity index is 1.27. The molecule has 0 spiro atoms. The summed E-state index contributed by atoms with van der Waals surface area (Å²) < 4.78 is 6.91. The molecule has 8 nitrogen and oxygen atoms in total. The molecule has 9 heteroatoms. The van der Waals surface area contributed by atoms with Gasteiger partial charge in [-0.1, -0.05) is 12.1 Å². The van der Waals surface area contributed by atoms with Crippen LogP contribution in [0.15, 0.2) is 64.9 Å². The third kappa shape index (κ3) is 4.64. The predicted octanol–water partition coefficient (Wildman–Crippen LogP) is 3.34. The SMILES string of the molecule is Cc1occc1C(=O)Nc1nc(CC(=O)NCc2ccc(-n3cccn3)cc2)cs1. The second-order valence-electron chi connectivity index (χ2n) is 6.56. The number of anilines is 1. The minimum Gasteiger partial charge on any atom is -0.469 e. The van der Waals surface area contributed by atoms with Crippen molar-refractivity contribution in [3.8, 4) is 5.69 Å². The lowest BCUT2D eigenvalue weighted by Crippen LogP contribution is -2.24. The zero-order chi connectivity index (χ0) is 20.9. The van der Waals surface area contributed by atoms with Gasteiger partial charge >= 0.3 is 0 Å². The van der Waals surface area contributed by atoms with Gasteiger partial charge in [-0.15, -0.1) is 11.3 Å². The van der Waals surface area contributed by atoms with Crippen LogP contribution in [0.1, 0.15) is 27.4 Å². The van der Waals surface area contributed by atoms with Gasteiger partial charge in [0, 0.05) is 24.3 Å². The van der Waals surface area contributed by atoms with E-state index in [1.165, 1.54) is 17.6 Å². The normalized spacial score (nSPS) is 10.7. The van der Waals surface area contributed by atoms with Gasteiger partial charge in [-0.25, -0.2) is 9.67 Å². The molecule has 0 aliphatic heterocycles. The van der Waals surface area contributed by atoms with Crippen molar-refractivity contribution in [2.45, 2.75) is 19.9 Å². The van der Waals surface area contributed by atoms with Crippen molar-refractivity contribution < 1.29 is 14.0 Å². The maximum atomic E-state index is 12.2. The average molecular weight is 421 g/mol. The molecule has 30 heavy (non-hydrogen) atoms. The first-order chi connectivity index (χ1) is 14.6. The number of thiazole rings is 1. The van der Waals surface area contributed by atoms with Crippen LogP contribution in [-0.2, 0) is 17.8 Å². The predicted molar refractivity (Wildman–Crippen MR) is 113 cm³/mol. The van der Waals surface area contributed by atoms with E-state index < -0.39 is 0 Å². The first-order valence-corrected chi connectivity index (χ1v) is 10.1. The lowest BCUT2D eigenvalue weighted by molar-refractivity contribution is -0.120. The van der Waals surface area contributed by atoms with Gasteiger partial charge in [-0.2, -0.15) is 5.10 Å². The summed E-state index contributed by atoms with van der Waals surface area (Å²) in [7, 11) is 0. The van der Waals surface area contributed by atoms with Gasteiger partial charge in [0.2, 0.25) is 5.91 Å². The molecule has 3 aromatic heterocycles. The van der Waals surface area contributed by atoms with E-state index in [9.17, 15) is 9.59 Å². The highest BCUT2D eigenvalue weighted by atomic mass is 32.1. The number of carbonyl (C=O) groups excluding carboxylic acids is 2. The molecule has 0 fully saturated rings. The fourth-order valence-electron chi connectivity index (χ4n) is 2.85. The van der Waals surface area contributed by atoms with Crippen molar-refractivity contribution in [2.24, 2.45) is 0 Å². The molecule has 4 rings (SSSR count). The van der Waals surface area contributed by atoms with Crippen molar-refractivity contribution in [1.29, 1.82) is 0 Å². The van der Waals surface area contributed by atoms with E-state index in [-0.39, 0.29) is 18.2 Å². The Hall–Kier alpha value is -3.72. The molecule has 0 atom stereocenters. The zero-order valence-electron chi connectivity index (χ0n) is 16.2. The van der Waals surface area contributed by atoms with Gasteiger partial charge in [0.1, 0.15) is 5.76 Å². The Morgan fingerprint density at radius 2 is 2.03 bits per heavy atom. The molecule has 2 N–H and O–H groups in total. The molecule has 0 aliphatic carbocycles. The van der Waals surface area contributed by atoms with Crippen molar-refractivity contribution in [1.82, 2.24) is 20.1 Å². The van der Waals surface area contributed by atoms with E-state index in [0.717, 1.165) is 11.3 Å². The number of furan rings is 1. The average Bonchev–Trinajstić information content (AvgIpc) is 3.49. The van der Waals surface area contributed by atoms with Crippen molar-refractivity contribution >= 4 is 28.3 Å². The molecule has 1 aromatic carbocycles. The van der Waals surface area contributed by atoms with Gasteiger partial charge in [0.05, 0.1) is 29.6 Å². The van der Waals surface area contributed by atoms with E-state index in [4.69, 9.17) is 4.42 Å². The fourth-order valence-corrected chi connectivity index (χ4v) is 3.55. The van der Waals surface area contributed by atoms with Crippen LogP contribution in [0, 0.1) is 6.92 Å². The second-order valence-corrected chi connectivity index (χ2v) is 7.42. The summed E-state index contributed by atoms with van der Waals surface area (Å²) in [6.07, 6.45) is 5.20. The van der Waals surface area contributed by atoms with Crippen molar-refractivity contribution in [2.75, 3.05) is 5.32 Å². The van der Waals surface area contributed by atoms with Crippen LogP contribution in [0.25, 0.3) is 5.69 Å². The Kier molecular flexibility index (Phi) is 5.71. The first-order valence-electron chi connectivity index (χ1n) is 9.24. The molecular weight excluding hydrogens is 402 g/mol. The number of aromatic nitrogens is 3. The van der Waals surface area contributed by atoms with Crippen LogP contribution in [0.2, 0.25) is 0 Å². The van der Waals surface area contributed by atoms with Gasteiger partial charge in [0.25, 0.3) is 5.91 Å². The topological polar surface area (TPSA) is 102 Å². The summed E-state index contributed by atoms with van der Waals surface area (Å²) >= 11 is 1.28. The number of rotatable bonds is 7. The van der Waals surface area contributed by atoms with E-state index in [2.05, 4.69) is 20.7 Å². The van der Waals surface area contributed by atoms with Crippen LogP contribution < -0.4 is 10.6 Å². The molecule has 2 amide bonds. The maximum absolute atomic E-state index is 12.2. The standard InChI is InChI=1S/C21H19N5O3S/c1-14-18(7-10-29-14)20(28)25-21-24-16(13-30-21)11-19(27)22-12-15-3-5-17(6-4-15)26-9-2-8-23-26/h2-10,13H,11-12H2,1H3,(H,22,27)(H,24,25,28). The van der Waals surface area contributed by atoms with Gasteiger partial charge in [-0.05, 0) is 36.8 Å². The van der Waals surface area contributed by atoms with Crippen molar-refractivity contribution in [3.05, 3.63) is 83.0 Å². The van der Waals surface area contributed by atoms with Crippen LogP contribution in [0.3, 0.4) is 0 Å². The second kappa shape index (κ2) is 8.75. The summed E-state index contributed by atoms with van der Waals surface area (Å²) in [5, 5.41) is 12.0. The molecule has 0 aliphatic rings. The van der Waals surface area contributed by atoms with Crippen LogP contribution in [0.4, 0.5) is 5.13 Å². The van der Waals surface area contributed by atoms with Gasteiger partial charge < -0.3 is 9.73 Å². The number of hydrogen-bond donors (Lipinski definition) is 2. The summed E-state index contributed by atoms with van der Waals surface area (Å²) in [5.41, 5.74) is 3.01. The molecule has 0 saturated heterocycles. The Labute approximate surface area is 176 Å². The first kappa shape index (κ1) is 19.6. The van der Waals surface area contributed by atoms with E-state index in [0.29, 0.717) is 28.7 Å². The highest BCUT2D eigenvalue weighted by Gasteiger charge is 2.14. The number of aryl methyl sites for hydroxylation is 1. The minimum absolute atomic E-state index is 0.139. The highest BCUT2D eigenvalue weighted by Crippen LogP contribution is 2.18. The molecule has 0 bridgehead atoms. The number of benzene rings is 1. The summed E-state index contributed by atoms with van der Waals surface area (Å²) in [4.78, 5) is 28.7. The fraction of sp³-hybridized carbons (Fsp3) is 0.143. The molecule has 0 radical (unpaired) electrons.